The predicted octanol–water partition coefficient (Wildman–Crippen LogP) is 1.90. The van der Waals surface area contributed by atoms with Crippen LogP contribution in [0.25, 0.3) is 27.8 Å². The molecule has 3 aromatic heterocycles. The van der Waals surface area contributed by atoms with Crippen LogP contribution in [0.15, 0.2) is 44.4 Å². The van der Waals surface area contributed by atoms with Crippen molar-refractivity contribution in [1.82, 2.24) is 20.0 Å². The normalized spacial score (nSPS) is 17.2. The van der Waals surface area contributed by atoms with Crippen molar-refractivity contribution in [2.75, 3.05) is 24.5 Å². The Kier molecular flexibility index (Phi) is 4.17. The number of hydrogen-bond acceptors (Lipinski definition) is 6. The first kappa shape index (κ1) is 18.5. The zero-order chi connectivity index (χ0) is 21.0. The Morgan fingerprint density at radius 2 is 1.97 bits per heavy atom. The van der Waals surface area contributed by atoms with Crippen LogP contribution in [-0.4, -0.2) is 40.4 Å². The number of piperazine rings is 1. The van der Waals surface area contributed by atoms with E-state index in [2.05, 4.69) is 15.5 Å². The molecule has 0 saturated carbocycles. The fourth-order valence-corrected chi connectivity index (χ4v) is 3.87. The Balaban J connectivity index is 1.87. The zero-order valence-electron chi connectivity index (χ0n) is 15.9. The van der Waals surface area contributed by atoms with Crippen molar-refractivity contribution in [1.29, 1.82) is 0 Å². The summed E-state index contributed by atoms with van der Waals surface area (Å²) in [5, 5.41) is 5.11. The average Bonchev–Trinajstić information content (AvgIpc) is 3.11. The van der Waals surface area contributed by atoms with E-state index in [1.54, 1.807) is 4.90 Å². The van der Waals surface area contributed by atoms with Crippen molar-refractivity contribution in [2.24, 2.45) is 0 Å². The maximum absolute atomic E-state index is 15.0. The van der Waals surface area contributed by atoms with Crippen LogP contribution in [0.4, 0.5) is 14.6 Å². The number of halogens is 2. The number of aromatic amines is 1. The van der Waals surface area contributed by atoms with E-state index in [-0.39, 0.29) is 34.0 Å². The van der Waals surface area contributed by atoms with E-state index in [1.807, 2.05) is 6.92 Å². The molecule has 4 heterocycles. The van der Waals surface area contributed by atoms with Crippen LogP contribution >= 0.6 is 0 Å². The van der Waals surface area contributed by atoms with Gasteiger partial charge < -0.3 is 14.7 Å². The van der Waals surface area contributed by atoms with Gasteiger partial charge in [-0.15, -0.1) is 0 Å². The van der Waals surface area contributed by atoms with Crippen molar-refractivity contribution in [3.63, 3.8) is 0 Å². The molecule has 1 unspecified atom stereocenters. The third kappa shape index (κ3) is 2.79. The summed E-state index contributed by atoms with van der Waals surface area (Å²) >= 11 is 0. The molecule has 10 heteroatoms. The summed E-state index contributed by atoms with van der Waals surface area (Å²) in [7, 11) is 0. The van der Waals surface area contributed by atoms with Gasteiger partial charge in [0.2, 0.25) is 11.1 Å². The van der Waals surface area contributed by atoms with Gasteiger partial charge in [-0.3, -0.25) is 14.2 Å². The molecule has 0 spiro atoms. The monoisotopic (exact) mass is 413 g/mol. The number of benzene rings is 1. The molecule has 4 aromatic rings. The number of H-pyrrole nitrogens is 1. The van der Waals surface area contributed by atoms with Gasteiger partial charge in [0.1, 0.15) is 5.82 Å². The Morgan fingerprint density at radius 3 is 2.70 bits per heavy atom. The second-order valence-electron chi connectivity index (χ2n) is 7.32. The molecule has 154 valence electrons. The Hall–Kier alpha value is -3.53. The highest BCUT2D eigenvalue weighted by molar-refractivity contribution is 5.91. The lowest BCUT2D eigenvalue weighted by Gasteiger charge is -2.33. The first-order valence-electron chi connectivity index (χ1n) is 9.45. The summed E-state index contributed by atoms with van der Waals surface area (Å²) in [5.74, 6) is -1.01. The van der Waals surface area contributed by atoms with E-state index in [1.165, 1.54) is 28.8 Å². The van der Waals surface area contributed by atoms with Gasteiger partial charge in [0.05, 0.1) is 11.1 Å². The molecule has 1 fully saturated rings. The van der Waals surface area contributed by atoms with Crippen molar-refractivity contribution in [3.05, 3.63) is 62.5 Å². The molecule has 1 aliphatic heterocycles. The summed E-state index contributed by atoms with van der Waals surface area (Å²) in [5.41, 5.74) is -0.951. The van der Waals surface area contributed by atoms with Gasteiger partial charge in [0, 0.05) is 25.7 Å². The molecule has 30 heavy (non-hydrogen) atoms. The largest absolute Gasteiger partial charge is 0.359 e. The van der Waals surface area contributed by atoms with Crippen LogP contribution in [0.1, 0.15) is 6.92 Å². The van der Waals surface area contributed by atoms with Gasteiger partial charge in [-0.25, -0.2) is 13.8 Å². The SMILES string of the molecule is CC1CN(c2nc3c(cc2F)c(=O)c2c(=O)[nH]oc2n3-c2ccc(F)cc2)CCN1. The molecule has 1 atom stereocenters. The third-order valence-corrected chi connectivity index (χ3v) is 5.26. The van der Waals surface area contributed by atoms with Gasteiger partial charge in [0.25, 0.3) is 5.56 Å². The maximum atomic E-state index is 15.0. The highest BCUT2D eigenvalue weighted by Gasteiger charge is 2.25. The fraction of sp³-hybridized carbons (Fsp3) is 0.250. The molecule has 1 saturated heterocycles. The summed E-state index contributed by atoms with van der Waals surface area (Å²) in [4.78, 5) is 31.3. The van der Waals surface area contributed by atoms with E-state index in [9.17, 15) is 18.4 Å². The van der Waals surface area contributed by atoms with Crippen LogP contribution in [-0.2, 0) is 0 Å². The fourth-order valence-electron chi connectivity index (χ4n) is 3.87. The highest BCUT2D eigenvalue weighted by atomic mass is 19.1. The minimum atomic E-state index is -0.729. The van der Waals surface area contributed by atoms with E-state index < -0.39 is 22.6 Å². The van der Waals surface area contributed by atoms with Gasteiger partial charge in [0.15, 0.2) is 22.7 Å². The molecule has 0 bridgehead atoms. The van der Waals surface area contributed by atoms with Crippen molar-refractivity contribution < 1.29 is 13.3 Å². The molecular weight excluding hydrogens is 396 g/mol. The van der Waals surface area contributed by atoms with E-state index in [0.29, 0.717) is 25.3 Å². The number of pyridine rings is 2. The number of nitrogens with one attached hydrogen (secondary N) is 2. The summed E-state index contributed by atoms with van der Waals surface area (Å²) in [6.07, 6.45) is 0. The lowest BCUT2D eigenvalue weighted by molar-refractivity contribution is 0.437. The zero-order valence-corrected chi connectivity index (χ0v) is 15.9. The smallest absolute Gasteiger partial charge is 0.293 e. The minimum absolute atomic E-state index is 0.0665. The Bertz CT molecular complexity index is 1390. The molecule has 8 nitrogen and oxygen atoms in total. The summed E-state index contributed by atoms with van der Waals surface area (Å²) in [6.45, 7) is 3.73. The standard InChI is InChI=1S/C20H17F2N5O3/c1-10-9-26(7-6-23-10)18-14(22)8-13-16(28)15-19(29)25-30-20(15)27(17(13)24-18)12-4-2-11(21)3-5-12/h2-5,8,10,23H,6-7,9H2,1H3,(H,25,29). The predicted molar refractivity (Wildman–Crippen MR) is 107 cm³/mol. The van der Waals surface area contributed by atoms with Gasteiger partial charge >= 0.3 is 0 Å². The molecule has 2 N–H and O–H groups in total. The van der Waals surface area contributed by atoms with E-state index in [0.717, 1.165) is 6.07 Å². The van der Waals surface area contributed by atoms with Crippen LogP contribution in [0.5, 0.6) is 0 Å². The van der Waals surface area contributed by atoms with Crippen LogP contribution in [0, 0.1) is 11.6 Å². The van der Waals surface area contributed by atoms with E-state index >= 15 is 0 Å². The number of nitrogens with zero attached hydrogens (tertiary/aromatic N) is 3. The molecular formula is C20H17F2N5O3. The Labute approximate surface area is 167 Å². The molecule has 5 rings (SSSR count). The number of rotatable bonds is 2. The third-order valence-electron chi connectivity index (χ3n) is 5.26. The summed E-state index contributed by atoms with van der Waals surface area (Å²) < 4.78 is 35.1. The molecule has 0 amide bonds. The highest BCUT2D eigenvalue weighted by Crippen LogP contribution is 2.26. The van der Waals surface area contributed by atoms with Gasteiger partial charge in [-0.05, 0) is 37.3 Å². The van der Waals surface area contributed by atoms with Crippen molar-refractivity contribution >= 4 is 28.0 Å². The van der Waals surface area contributed by atoms with Gasteiger partial charge in [-0.2, -0.15) is 5.16 Å². The minimum Gasteiger partial charge on any atom is -0.359 e. The number of aromatic nitrogens is 3. The van der Waals surface area contributed by atoms with Crippen molar-refractivity contribution in [2.45, 2.75) is 13.0 Å². The molecule has 0 aliphatic carbocycles. The summed E-state index contributed by atoms with van der Waals surface area (Å²) in [6, 6.07) is 6.63. The quantitative estimate of drug-likeness (QED) is 0.521. The first-order valence-corrected chi connectivity index (χ1v) is 9.45. The number of fused-ring (bicyclic) bond motifs is 2. The Morgan fingerprint density at radius 1 is 1.20 bits per heavy atom. The van der Waals surface area contributed by atoms with Crippen LogP contribution in [0.2, 0.25) is 0 Å². The first-order chi connectivity index (χ1) is 14.4. The second-order valence-corrected chi connectivity index (χ2v) is 7.32. The van der Waals surface area contributed by atoms with E-state index in [4.69, 9.17) is 4.52 Å². The maximum Gasteiger partial charge on any atom is 0.293 e. The number of hydrogen-bond donors (Lipinski definition) is 2. The molecule has 1 aliphatic rings. The average molecular weight is 413 g/mol. The van der Waals surface area contributed by atoms with Crippen LogP contribution in [0.3, 0.4) is 0 Å². The lowest BCUT2D eigenvalue weighted by atomic mass is 10.2. The lowest BCUT2D eigenvalue weighted by Crippen LogP contribution is -2.49. The second kappa shape index (κ2) is 6.77. The molecule has 1 aromatic carbocycles. The van der Waals surface area contributed by atoms with Crippen LogP contribution < -0.4 is 21.2 Å². The topological polar surface area (TPSA) is 96.2 Å². The van der Waals surface area contributed by atoms with Gasteiger partial charge in [-0.1, -0.05) is 0 Å². The number of anilines is 1. The molecule has 0 radical (unpaired) electrons. The van der Waals surface area contributed by atoms with Crippen molar-refractivity contribution in [3.8, 4) is 5.69 Å².